The summed E-state index contributed by atoms with van der Waals surface area (Å²) in [5.74, 6) is -0.752. The largest absolute Gasteiger partial charge is 0.419 e. The van der Waals surface area contributed by atoms with E-state index in [1.54, 1.807) is 0 Å². The lowest BCUT2D eigenvalue weighted by molar-refractivity contribution is -0.140. The lowest BCUT2D eigenvalue weighted by atomic mass is 9.89. The van der Waals surface area contributed by atoms with E-state index in [2.05, 4.69) is 10.2 Å². The van der Waals surface area contributed by atoms with Gasteiger partial charge >= 0.3 is 6.18 Å². The van der Waals surface area contributed by atoms with Crippen molar-refractivity contribution < 1.29 is 17.6 Å². The number of nitrogens with zero attached hydrogens (tertiary/aromatic N) is 1. The summed E-state index contributed by atoms with van der Waals surface area (Å²) in [4.78, 5) is 2.30. The molecule has 1 aromatic carbocycles. The molecule has 1 heterocycles. The van der Waals surface area contributed by atoms with E-state index >= 15 is 0 Å². The van der Waals surface area contributed by atoms with Crippen molar-refractivity contribution in [1.29, 1.82) is 0 Å². The topological polar surface area (TPSA) is 15.3 Å². The lowest BCUT2D eigenvalue weighted by Crippen LogP contribution is -2.46. The number of hydrogen-bond donors (Lipinski definition) is 1. The Morgan fingerprint density at radius 2 is 1.71 bits per heavy atom. The van der Waals surface area contributed by atoms with Crippen LogP contribution in [0.5, 0.6) is 0 Å². The van der Waals surface area contributed by atoms with Gasteiger partial charge in [-0.1, -0.05) is 18.9 Å². The quantitative estimate of drug-likeness (QED) is 0.797. The Balaban J connectivity index is 0.00000208. The predicted octanol–water partition coefficient (Wildman–Crippen LogP) is 4.40. The normalized spacial score (nSPS) is 21.5. The summed E-state index contributed by atoms with van der Waals surface area (Å²) in [6, 6.07) is 3.50. The molecule has 1 saturated heterocycles. The van der Waals surface area contributed by atoms with Crippen LogP contribution in [0.15, 0.2) is 18.2 Å². The average Bonchev–Trinajstić information content (AvgIpc) is 3.01. The molecule has 1 aromatic rings. The summed E-state index contributed by atoms with van der Waals surface area (Å²) in [6.07, 6.45) is -0.207. The van der Waals surface area contributed by atoms with Crippen molar-refractivity contribution in [2.75, 3.05) is 26.2 Å². The van der Waals surface area contributed by atoms with Gasteiger partial charge in [-0.3, -0.25) is 4.90 Å². The molecule has 1 saturated carbocycles. The van der Waals surface area contributed by atoms with E-state index in [-0.39, 0.29) is 18.4 Å². The number of hydrogen-bond acceptors (Lipinski definition) is 2. The van der Waals surface area contributed by atoms with Crippen LogP contribution in [0.2, 0.25) is 0 Å². The zero-order valence-corrected chi connectivity index (χ0v) is 14.2. The Kier molecular flexibility index (Phi) is 6.51. The van der Waals surface area contributed by atoms with E-state index in [1.807, 2.05) is 0 Å². The molecule has 1 N–H and O–H groups in total. The lowest BCUT2D eigenvalue weighted by Gasteiger charge is -2.38. The van der Waals surface area contributed by atoms with Crippen LogP contribution in [-0.4, -0.2) is 31.1 Å². The van der Waals surface area contributed by atoms with Crippen LogP contribution in [0.3, 0.4) is 0 Å². The molecule has 0 amide bonds. The highest BCUT2D eigenvalue weighted by molar-refractivity contribution is 5.85. The molecule has 1 aliphatic carbocycles. The molecule has 2 aliphatic rings. The predicted molar refractivity (Wildman–Crippen MR) is 87.8 cm³/mol. The Hall–Kier alpha value is -0.850. The van der Waals surface area contributed by atoms with Crippen LogP contribution in [-0.2, 0) is 6.18 Å². The molecular weight excluding hydrogens is 344 g/mol. The molecule has 1 atom stereocenters. The van der Waals surface area contributed by atoms with Crippen LogP contribution in [0.1, 0.15) is 42.9 Å². The standard InChI is InChI=1S/C17H22F4N2.ClH/c18-15-11-13(5-6-14(15)17(19,20)21)16(12-3-1-2-4-12)23-9-7-22-8-10-23;/h5-6,11-12,16,22H,1-4,7-10H2;1H/t16-;/m1./s1. The third-order valence-electron chi connectivity index (χ3n) is 5.03. The number of benzene rings is 1. The van der Waals surface area contributed by atoms with Crippen molar-refractivity contribution in [3.8, 4) is 0 Å². The SMILES string of the molecule is Cl.Fc1cc([C@@H](C2CCCC2)N2CCNCC2)ccc1C(F)(F)F. The fraction of sp³-hybridized carbons (Fsp3) is 0.647. The molecule has 2 fully saturated rings. The van der Waals surface area contributed by atoms with Gasteiger partial charge in [0, 0.05) is 32.2 Å². The second-order valence-electron chi connectivity index (χ2n) is 6.51. The van der Waals surface area contributed by atoms with Crippen LogP contribution in [0.4, 0.5) is 17.6 Å². The molecular formula is C17H23ClF4N2. The highest BCUT2D eigenvalue weighted by Crippen LogP contribution is 2.41. The number of halogens is 5. The van der Waals surface area contributed by atoms with Crippen molar-refractivity contribution in [2.45, 2.75) is 37.9 Å². The Morgan fingerprint density at radius 3 is 2.25 bits per heavy atom. The molecule has 7 heteroatoms. The second kappa shape index (κ2) is 8.02. The molecule has 0 spiro atoms. The highest BCUT2D eigenvalue weighted by atomic mass is 35.5. The molecule has 0 radical (unpaired) electrons. The van der Waals surface area contributed by atoms with Crippen LogP contribution in [0, 0.1) is 11.7 Å². The third kappa shape index (κ3) is 4.21. The maximum Gasteiger partial charge on any atom is 0.419 e. The highest BCUT2D eigenvalue weighted by Gasteiger charge is 2.36. The molecule has 1 aliphatic heterocycles. The molecule has 0 unspecified atom stereocenters. The summed E-state index contributed by atoms with van der Waals surface area (Å²) < 4.78 is 52.3. The van der Waals surface area contributed by atoms with Gasteiger partial charge in [-0.25, -0.2) is 4.39 Å². The monoisotopic (exact) mass is 366 g/mol. The maximum atomic E-state index is 14.0. The Labute approximate surface area is 146 Å². The van der Waals surface area contributed by atoms with Gasteiger partial charge < -0.3 is 5.32 Å². The zero-order chi connectivity index (χ0) is 16.4. The molecule has 0 aromatic heterocycles. The second-order valence-corrected chi connectivity index (χ2v) is 6.51. The smallest absolute Gasteiger partial charge is 0.314 e. The van der Waals surface area contributed by atoms with E-state index in [0.29, 0.717) is 11.5 Å². The maximum absolute atomic E-state index is 14.0. The van der Waals surface area contributed by atoms with Gasteiger partial charge in [-0.05, 0) is 36.5 Å². The van der Waals surface area contributed by atoms with Crippen molar-refractivity contribution in [3.63, 3.8) is 0 Å². The van der Waals surface area contributed by atoms with Crippen molar-refractivity contribution in [2.24, 2.45) is 5.92 Å². The van der Waals surface area contributed by atoms with E-state index in [9.17, 15) is 17.6 Å². The number of nitrogens with one attached hydrogen (secondary N) is 1. The first-order valence-corrected chi connectivity index (χ1v) is 8.28. The van der Waals surface area contributed by atoms with E-state index in [1.165, 1.54) is 6.07 Å². The van der Waals surface area contributed by atoms with Crippen LogP contribution in [0.25, 0.3) is 0 Å². The third-order valence-corrected chi connectivity index (χ3v) is 5.03. The van der Waals surface area contributed by atoms with E-state index in [0.717, 1.165) is 64.0 Å². The van der Waals surface area contributed by atoms with Crippen molar-refractivity contribution >= 4 is 12.4 Å². The van der Waals surface area contributed by atoms with Crippen LogP contribution >= 0.6 is 12.4 Å². The summed E-state index contributed by atoms with van der Waals surface area (Å²) in [7, 11) is 0. The molecule has 3 rings (SSSR count). The van der Waals surface area contributed by atoms with E-state index in [4.69, 9.17) is 0 Å². The minimum absolute atomic E-state index is 0. The van der Waals surface area contributed by atoms with Gasteiger partial charge in [0.25, 0.3) is 0 Å². The molecule has 24 heavy (non-hydrogen) atoms. The van der Waals surface area contributed by atoms with Gasteiger partial charge in [0.15, 0.2) is 0 Å². The number of alkyl halides is 3. The number of rotatable bonds is 3. The van der Waals surface area contributed by atoms with Crippen molar-refractivity contribution in [3.05, 3.63) is 35.1 Å². The van der Waals surface area contributed by atoms with Gasteiger partial charge in [0.1, 0.15) is 5.82 Å². The van der Waals surface area contributed by atoms with Gasteiger partial charge in [-0.15, -0.1) is 12.4 Å². The molecule has 2 nitrogen and oxygen atoms in total. The zero-order valence-electron chi connectivity index (χ0n) is 13.4. The average molecular weight is 367 g/mol. The Bertz CT molecular complexity index is 538. The molecule has 0 bridgehead atoms. The minimum atomic E-state index is -4.64. The van der Waals surface area contributed by atoms with Crippen molar-refractivity contribution in [1.82, 2.24) is 10.2 Å². The molecule has 136 valence electrons. The Morgan fingerprint density at radius 1 is 1.08 bits per heavy atom. The fourth-order valence-corrected chi connectivity index (χ4v) is 3.96. The summed E-state index contributed by atoms with van der Waals surface area (Å²) in [5.41, 5.74) is -0.490. The fourth-order valence-electron chi connectivity index (χ4n) is 3.96. The number of piperazine rings is 1. The summed E-state index contributed by atoms with van der Waals surface area (Å²) in [6.45, 7) is 3.44. The summed E-state index contributed by atoms with van der Waals surface area (Å²) in [5, 5.41) is 3.29. The first kappa shape index (κ1) is 19.5. The first-order chi connectivity index (χ1) is 11.0. The minimum Gasteiger partial charge on any atom is -0.314 e. The van der Waals surface area contributed by atoms with Gasteiger partial charge in [0.2, 0.25) is 0 Å². The van der Waals surface area contributed by atoms with Crippen LogP contribution < -0.4 is 5.32 Å². The summed E-state index contributed by atoms with van der Waals surface area (Å²) >= 11 is 0. The van der Waals surface area contributed by atoms with Gasteiger partial charge in [-0.2, -0.15) is 13.2 Å². The first-order valence-electron chi connectivity index (χ1n) is 8.28. The van der Waals surface area contributed by atoms with Gasteiger partial charge in [0.05, 0.1) is 5.56 Å². The van der Waals surface area contributed by atoms with E-state index < -0.39 is 17.6 Å².